The number of aromatic amines is 1. The Bertz CT molecular complexity index is 1170. The lowest BCUT2D eigenvalue weighted by Gasteiger charge is -2.45. The average Bonchev–Trinajstić information content (AvgIpc) is 3.44. The van der Waals surface area contributed by atoms with Crippen molar-refractivity contribution in [3.63, 3.8) is 0 Å². The van der Waals surface area contributed by atoms with Crippen LogP contribution in [0, 0.1) is 12.8 Å². The minimum absolute atomic E-state index is 0.0905. The summed E-state index contributed by atoms with van der Waals surface area (Å²) in [6, 6.07) is 11.8. The minimum atomic E-state index is -0.897. The van der Waals surface area contributed by atoms with Gasteiger partial charge in [0.05, 0.1) is 18.3 Å². The first-order chi connectivity index (χ1) is 15.9. The molecule has 0 saturated carbocycles. The number of ether oxygens (including phenoxy) is 2. The lowest BCUT2D eigenvalue weighted by atomic mass is 9.79. The van der Waals surface area contributed by atoms with E-state index in [1.807, 2.05) is 18.3 Å². The summed E-state index contributed by atoms with van der Waals surface area (Å²) >= 11 is 0. The number of fused-ring (bicyclic) bond motifs is 1. The summed E-state index contributed by atoms with van der Waals surface area (Å²) in [5.41, 5.74) is 4.86. The second kappa shape index (κ2) is 8.50. The summed E-state index contributed by atoms with van der Waals surface area (Å²) in [6.07, 6.45) is 4.99. The minimum Gasteiger partial charge on any atom is -0.496 e. The number of benzene rings is 2. The molecule has 5 rings (SSSR count). The van der Waals surface area contributed by atoms with Gasteiger partial charge in [-0.1, -0.05) is 19.1 Å². The number of carboxylic acids is 1. The molecule has 0 radical (unpaired) electrons. The molecule has 0 aliphatic carbocycles. The zero-order valence-electron chi connectivity index (χ0n) is 19.6. The van der Waals surface area contributed by atoms with Crippen molar-refractivity contribution in [2.24, 2.45) is 5.92 Å². The number of piperidine rings is 1. The number of rotatable bonds is 5. The van der Waals surface area contributed by atoms with Crippen LogP contribution in [0.3, 0.4) is 0 Å². The van der Waals surface area contributed by atoms with E-state index in [2.05, 4.69) is 35.9 Å². The van der Waals surface area contributed by atoms with Crippen LogP contribution in [0.5, 0.6) is 5.75 Å². The molecule has 3 atom stereocenters. The fraction of sp³-hybridized carbons (Fsp3) is 0.444. The van der Waals surface area contributed by atoms with Crippen molar-refractivity contribution in [1.82, 2.24) is 9.88 Å². The van der Waals surface area contributed by atoms with E-state index < -0.39 is 5.97 Å². The normalized spacial score (nSPS) is 25.7. The van der Waals surface area contributed by atoms with Crippen LogP contribution < -0.4 is 4.74 Å². The van der Waals surface area contributed by atoms with Crippen molar-refractivity contribution >= 4 is 16.9 Å². The molecule has 2 fully saturated rings. The first-order valence-electron chi connectivity index (χ1n) is 11.7. The summed E-state index contributed by atoms with van der Waals surface area (Å²) in [6.45, 7) is 6.86. The number of aromatic nitrogens is 1. The fourth-order valence-electron chi connectivity index (χ4n) is 5.83. The average molecular weight is 449 g/mol. The Labute approximate surface area is 194 Å². The Morgan fingerprint density at radius 2 is 2.06 bits per heavy atom. The van der Waals surface area contributed by atoms with E-state index in [9.17, 15) is 9.90 Å². The number of methoxy groups -OCH3 is 1. The molecule has 1 spiro atoms. The van der Waals surface area contributed by atoms with Crippen LogP contribution in [0.15, 0.2) is 42.6 Å². The van der Waals surface area contributed by atoms with Gasteiger partial charge in [-0.15, -0.1) is 0 Å². The molecule has 6 nitrogen and oxygen atoms in total. The molecular formula is C27H32N2O4. The smallest absolute Gasteiger partial charge is 0.335 e. The molecule has 0 amide bonds. The lowest BCUT2D eigenvalue weighted by Crippen LogP contribution is -2.45. The van der Waals surface area contributed by atoms with Crippen LogP contribution in [0.2, 0.25) is 0 Å². The van der Waals surface area contributed by atoms with Crippen molar-refractivity contribution in [3.05, 3.63) is 64.8 Å². The predicted octanol–water partition coefficient (Wildman–Crippen LogP) is 5.32. The summed E-state index contributed by atoms with van der Waals surface area (Å²) in [5.74, 6) is 0.583. The third-order valence-corrected chi connectivity index (χ3v) is 7.49. The molecule has 0 bridgehead atoms. The highest BCUT2D eigenvalue weighted by molar-refractivity contribution is 5.88. The predicted molar refractivity (Wildman–Crippen MR) is 128 cm³/mol. The Morgan fingerprint density at radius 3 is 2.73 bits per heavy atom. The molecule has 3 aromatic rings. The second-order valence-corrected chi connectivity index (χ2v) is 9.81. The van der Waals surface area contributed by atoms with Gasteiger partial charge in [-0.25, -0.2) is 4.79 Å². The Balaban J connectivity index is 1.52. The van der Waals surface area contributed by atoms with Gasteiger partial charge in [-0.2, -0.15) is 0 Å². The fourth-order valence-corrected chi connectivity index (χ4v) is 5.83. The molecule has 3 heterocycles. The molecular weight excluding hydrogens is 416 g/mol. The topological polar surface area (TPSA) is 74.8 Å². The number of hydrogen-bond donors (Lipinski definition) is 2. The maximum atomic E-state index is 11.4. The Hall–Kier alpha value is -2.83. The first-order valence-corrected chi connectivity index (χ1v) is 11.7. The van der Waals surface area contributed by atoms with E-state index in [-0.39, 0.29) is 11.6 Å². The quantitative estimate of drug-likeness (QED) is 0.553. The molecule has 6 heteroatoms. The number of nitrogens with zero attached hydrogens (tertiary/aromatic N) is 1. The molecule has 2 aliphatic heterocycles. The second-order valence-electron chi connectivity index (χ2n) is 9.81. The number of aromatic carboxylic acids is 1. The molecule has 174 valence electrons. The Morgan fingerprint density at radius 1 is 1.27 bits per heavy atom. The van der Waals surface area contributed by atoms with Crippen molar-refractivity contribution in [2.75, 3.05) is 20.3 Å². The van der Waals surface area contributed by atoms with Crippen LogP contribution in [0.25, 0.3) is 10.9 Å². The van der Waals surface area contributed by atoms with Crippen molar-refractivity contribution in [3.8, 4) is 5.75 Å². The van der Waals surface area contributed by atoms with E-state index in [0.717, 1.165) is 55.8 Å². The highest BCUT2D eigenvalue weighted by Crippen LogP contribution is 2.46. The van der Waals surface area contributed by atoms with Gasteiger partial charge in [0.1, 0.15) is 5.75 Å². The molecule has 2 saturated heterocycles. The zero-order valence-corrected chi connectivity index (χ0v) is 19.6. The van der Waals surface area contributed by atoms with Crippen LogP contribution in [0.4, 0.5) is 0 Å². The molecule has 2 aliphatic rings. The molecule has 2 aromatic carbocycles. The van der Waals surface area contributed by atoms with Crippen LogP contribution in [-0.2, 0) is 11.3 Å². The third kappa shape index (κ3) is 4.02. The SMILES string of the molecule is COc1cc(C)c2[nH]ccc2c1CN1CCC2(CC(C)CO2)C[C@H]1c1ccc(C(=O)O)cc1. The highest BCUT2D eigenvalue weighted by atomic mass is 16.5. The van der Waals surface area contributed by atoms with E-state index >= 15 is 0 Å². The molecule has 2 N–H and O–H groups in total. The van der Waals surface area contributed by atoms with Gasteiger partial charge in [0.2, 0.25) is 0 Å². The molecule has 2 unspecified atom stereocenters. The van der Waals surface area contributed by atoms with Crippen LogP contribution in [-0.4, -0.2) is 46.8 Å². The summed E-state index contributed by atoms with van der Waals surface area (Å²) in [7, 11) is 1.73. The zero-order chi connectivity index (χ0) is 23.2. The Kier molecular flexibility index (Phi) is 5.67. The third-order valence-electron chi connectivity index (χ3n) is 7.49. The van der Waals surface area contributed by atoms with Crippen molar-refractivity contribution < 1.29 is 19.4 Å². The largest absolute Gasteiger partial charge is 0.496 e. The van der Waals surface area contributed by atoms with Crippen molar-refractivity contribution in [2.45, 2.75) is 51.3 Å². The van der Waals surface area contributed by atoms with Gasteiger partial charge in [0.25, 0.3) is 0 Å². The highest BCUT2D eigenvalue weighted by Gasteiger charge is 2.45. The van der Waals surface area contributed by atoms with E-state index in [1.165, 1.54) is 16.5 Å². The van der Waals surface area contributed by atoms with Crippen LogP contribution >= 0.6 is 0 Å². The van der Waals surface area contributed by atoms with Gasteiger partial charge in [-0.3, -0.25) is 4.90 Å². The number of hydrogen-bond acceptors (Lipinski definition) is 4. The maximum Gasteiger partial charge on any atom is 0.335 e. The van der Waals surface area contributed by atoms with Gasteiger partial charge >= 0.3 is 5.97 Å². The first kappa shape index (κ1) is 22.0. The number of H-pyrrole nitrogens is 1. The maximum absolute atomic E-state index is 11.4. The van der Waals surface area contributed by atoms with Gasteiger partial charge in [0, 0.05) is 48.4 Å². The molecule has 1 aromatic heterocycles. The van der Waals surface area contributed by atoms with E-state index in [1.54, 1.807) is 19.2 Å². The van der Waals surface area contributed by atoms with Gasteiger partial charge in [0.15, 0.2) is 0 Å². The van der Waals surface area contributed by atoms with Crippen LogP contribution in [0.1, 0.15) is 59.3 Å². The number of carboxylic acid groups (broad SMARTS) is 1. The lowest BCUT2D eigenvalue weighted by molar-refractivity contribution is -0.0677. The summed E-state index contributed by atoms with van der Waals surface area (Å²) < 4.78 is 12.2. The van der Waals surface area contributed by atoms with Gasteiger partial charge < -0.3 is 19.6 Å². The summed E-state index contributed by atoms with van der Waals surface area (Å²) in [4.78, 5) is 17.3. The van der Waals surface area contributed by atoms with Crippen molar-refractivity contribution in [1.29, 1.82) is 0 Å². The van der Waals surface area contributed by atoms with E-state index in [4.69, 9.17) is 9.47 Å². The number of likely N-dealkylation sites (tertiary alicyclic amines) is 1. The monoisotopic (exact) mass is 448 g/mol. The number of carbonyl (C=O) groups is 1. The summed E-state index contributed by atoms with van der Waals surface area (Å²) in [5, 5.41) is 10.5. The number of aryl methyl sites for hydroxylation is 1. The molecule has 33 heavy (non-hydrogen) atoms. The standard InChI is InChI=1S/C27H32N2O4/c1-17-13-27(33-16-17)9-11-29(23(14-27)19-4-6-20(7-5-19)26(30)31)15-22-21-8-10-28-25(21)18(2)12-24(22)32-3/h4-8,10,12,17,23,28H,9,11,13-16H2,1-3H3,(H,30,31)/t17?,23-,27?/m0/s1. The van der Waals surface area contributed by atoms with E-state index in [0.29, 0.717) is 11.5 Å². The number of nitrogens with one attached hydrogen (secondary N) is 1. The van der Waals surface area contributed by atoms with Gasteiger partial charge in [-0.05, 0) is 67.5 Å².